The van der Waals surface area contributed by atoms with Crippen LogP contribution in [0.4, 0.5) is 4.79 Å². The first-order valence-corrected chi connectivity index (χ1v) is 11.3. The van der Waals surface area contributed by atoms with E-state index >= 15 is 0 Å². The summed E-state index contributed by atoms with van der Waals surface area (Å²) in [6.07, 6.45) is 7.86. The summed E-state index contributed by atoms with van der Waals surface area (Å²) in [5, 5.41) is 12.1. The van der Waals surface area contributed by atoms with Crippen LogP contribution in [0.5, 0.6) is 0 Å². The Kier molecular flexibility index (Phi) is 7.19. The van der Waals surface area contributed by atoms with Gasteiger partial charge in [0.05, 0.1) is 23.4 Å². The third kappa shape index (κ3) is 5.67. The van der Waals surface area contributed by atoms with E-state index in [2.05, 4.69) is 20.3 Å². The van der Waals surface area contributed by atoms with Crippen molar-refractivity contribution in [2.45, 2.75) is 44.8 Å². The first-order valence-electron chi connectivity index (χ1n) is 11.3. The summed E-state index contributed by atoms with van der Waals surface area (Å²) in [5.74, 6) is -0.229. The van der Waals surface area contributed by atoms with Gasteiger partial charge in [0.1, 0.15) is 11.8 Å². The maximum atomic E-state index is 12.9. The summed E-state index contributed by atoms with van der Waals surface area (Å²) in [4.78, 5) is 37.1. The molecule has 3 N–H and O–H groups in total. The fourth-order valence-corrected chi connectivity index (χ4v) is 3.78. The SMILES string of the molecule is C1CC1.COCc1cccc(-c2ncnc3c(C(=O)NC4CCN(C(=O)O)CC4)c[nH]c23)c1. The maximum Gasteiger partial charge on any atom is 0.407 e. The molecule has 1 aliphatic heterocycles. The molecule has 9 nitrogen and oxygen atoms in total. The second-order valence-corrected chi connectivity index (χ2v) is 8.36. The van der Waals surface area contributed by atoms with Crippen LogP contribution in [0.3, 0.4) is 0 Å². The number of hydrogen-bond donors (Lipinski definition) is 3. The van der Waals surface area contributed by atoms with Gasteiger partial charge >= 0.3 is 6.09 Å². The summed E-state index contributed by atoms with van der Waals surface area (Å²) in [6.45, 7) is 1.33. The molecule has 2 amide bonds. The minimum Gasteiger partial charge on any atom is -0.465 e. The van der Waals surface area contributed by atoms with Crippen molar-refractivity contribution in [3.63, 3.8) is 0 Å². The largest absolute Gasteiger partial charge is 0.465 e. The number of aromatic amines is 1. The fraction of sp³-hybridized carbons (Fsp3) is 0.417. The number of carbonyl (C=O) groups is 2. The van der Waals surface area contributed by atoms with Gasteiger partial charge in [0.25, 0.3) is 5.91 Å². The van der Waals surface area contributed by atoms with Gasteiger partial charge in [-0.3, -0.25) is 4.79 Å². The van der Waals surface area contributed by atoms with Crippen molar-refractivity contribution in [1.29, 1.82) is 0 Å². The molecule has 0 spiro atoms. The Balaban J connectivity index is 0.000000799. The van der Waals surface area contributed by atoms with Crippen LogP contribution in [0.2, 0.25) is 0 Å². The van der Waals surface area contributed by atoms with Gasteiger partial charge in [0.15, 0.2) is 0 Å². The number of fused-ring (bicyclic) bond motifs is 1. The number of hydrogen-bond acceptors (Lipinski definition) is 5. The van der Waals surface area contributed by atoms with Gasteiger partial charge in [0.2, 0.25) is 0 Å². The van der Waals surface area contributed by atoms with Gasteiger partial charge in [-0.05, 0) is 24.5 Å². The van der Waals surface area contributed by atoms with Crippen molar-refractivity contribution >= 4 is 23.0 Å². The molecule has 1 aliphatic carbocycles. The normalized spacial score (nSPS) is 15.6. The summed E-state index contributed by atoms with van der Waals surface area (Å²) in [6, 6.07) is 7.82. The Morgan fingerprint density at radius 3 is 2.64 bits per heavy atom. The number of aromatic nitrogens is 3. The first-order chi connectivity index (χ1) is 16.1. The highest BCUT2D eigenvalue weighted by Crippen LogP contribution is 2.27. The van der Waals surface area contributed by atoms with E-state index in [9.17, 15) is 9.59 Å². The van der Waals surface area contributed by atoms with E-state index in [0.717, 1.165) is 11.1 Å². The second-order valence-electron chi connectivity index (χ2n) is 8.36. The number of amides is 2. The average Bonchev–Trinajstić information content (AvgIpc) is 3.65. The molecule has 33 heavy (non-hydrogen) atoms. The summed E-state index contributed by atoms with van der Waals surface area (Å²) in [5.41, 5.74) is 4.34. The van der Waals surface area contributed by atoms with Crippen LogP contribution in [0.25, 0.3) is 22.3 Å². The summed E-state index contributed by atoms with van der Waals surface area (Å²) < 4.78 is 5.20. The van der Waals surface area contributed by atoms with Crippen LogP contribution in [0.1, 0.15) is 48.0 Å². The van der Waals surface area contributed by atoms with Gasteiger partial charge in [-0.15, -0.1) is 0 Å². The molecule has 1 aromatic carbocycles. The van der Waals surface area contributed by atoms with Crippen molar-refractivity contribution in [3.05, 3.63) is 47.9 Å². The van der Waals surface area contributed by atoms with E-state index in [4.69, 9.17) is 9.84 Å². The highest BCUT2D eigenvalue weighted by atomic mass is 16.5. The number of benzene rings is 1. The zero-order chi connectivity index (χ0) is 23.2. The van der Waals surface area contributed by atoms with Crippen LogP contribution in [0, 0.1) is 0 Å². The molecule has 174 valence electrons. The standard InChI is InChI=1S/C21H23N5O4.C3H6/c1-30-11-13-3-2-4-14(9-13)17-19-18(24-12-23-17)16(10-22-19)20(27)25-15-5-7-26(8-6-15)21(28)29;1-2-3-1/h2-4,9-10,12,15,22H,5-8,11H2,1H3,(H,25,27)(H,28,29);1-3H2. The Hall–Kier alpha value is -3.46. The van der Waals surface area contributed by atoms with Gasteiger partial charge in [-0.25, -0.2) is 14.8 Å². The molecule has 9 heteroatoms. The number of likely N-dealkylation sites (tertiary alicyclic amines) is 1. The van der Waals surface area contributed by atoms with Crippen molar-refractivity contribution in [2.75, 3.05) is 20.2 Å². The Morgan fingerprint density at radius 2 is 1.97 bits per heavy atom. The lowest BCUT2D eigenvalue weighted by molar-refractivity contribution is 0.0909. The fourth-order valence-electron chi connectivity index (χ4n) is 3.78. The minimum absolute atomic E-state index is 0.0647. The number of carbonyl (C=O) groups excluding carboxylic acids is 1. The average molecular weight is 452 g/mol. The van der Waals surface area contributed by atoms with Crippen LogP contribution in [-0.4, -0.2) is 63.2 Å². The van der Waals surface area contributed by atoms with Gasteiger partial charge < -0.3 is 25.0 Å². The van der Waals surface area contributed by atoms with E-state index in [-0.39, 0.29) is 11.9 Å². The lowest BCUT2D eigenvalue weighted by atomic mass is 10.0. The third-order valence-corrected chi connectivity index (χ3v) is 5.67. The number of methoxy groups -OCH3 is 1. The van der Waals surface area contributed by atoms with Crippen molar-refractivity contribution in [3.8, 4) is 11.3 Å². The molecule has 0 radical (unpaired) electrons. The van der Waals surface area contributed by atoms with E-state index in [1.165, 1.54) is 30.5 Å². The molecule has 0 atom stereocenters. The molecule has 5 rings (SSSR count). The number of nitrogens with zero attached hydrogens (tertiary/aromatic N) is 3. The van der Waals surface area contributed by atoms with E-state index in [1.54, 1.807) is 13.3 Å². The number of H-pyrrole nitrogens is 1. The van der Waals surface area contributed by atoms with Crippen LogP contribution in [0.15, 0.2) is 36.8 Å². The molecule has 2 aromatic heterocycles. The Morgan fingerprint density at radius 1 is 1.21 bits per heavy atom. The highest BCUT2D eigenvalue weighted by molar-refractivity contribution is 6.07. The van der Waals surface area contributed by atoms with Gasteiger partial charge in [0, 0.05) is 38.0 Å². The predicted molar refractivity (Wildman–Crippen MR) is 124 cm³/mol. The quantitative estimate of drug-likeness (QED) is 0.542. The molecule has 0 unspecified atom stereocenters. The van der Waals surface area contributed by atoms with Crippen molar-refractivity contribution in [1.82, 2.24) is 25.2 Å². The van der Waals surface area contributed by atoms with E-state index < -0.39 is 6.09 Å². The molecule has 1 saturated carbocycles. The molecular weight excluding hydrogens is 422 g/mol. The van der Waals surface area contributed by atoms with Crippen LogP contribution in [-0.2, 0) is 11.3 Å². The topological polar surface area (TPSA) is 120 Å². The Labute approximate surface area is 192 Å². The van der Waals surface area contributed by atoms with Crippen LogP contribution < -0.4 is 5.32 Å². The van der Waals surface area contributed by atoms with Crippen molar-refractivity contribution < 1.29 is 19.4 Å². The lowest BCUT2D eigenvalue weighted by Gasteiger charge is -2.30. The molecule has 3 heterocycles. The molecule has 1 saturated heterocycles. The number of rotatable bonds is 5. The summed E-state index contributed by atoms with van der Waals surface area (Å²) >= 11 is 0. The summed E-state index contributed by atoms with van der Waals surface area (Å²) in [7, 11) is 1.65. The smallest absolute Gasteiger partial charge is 0.407 e. The number of nitrogens with one attached hydrogen (secondary N) is 2. The molecule has 3 aromatic rings. The van der Waals surface area contributed by atoms with Gasteiger partial charge in [-0.2, -0.15) is 0 Å². The van der Waals surface area contributed by atoms with Crippen LogP contribution >= 0.6 is 0 Å². The predicted octanol–water partition coefficient (Wildman–Crippen LogP) is 3.81. The van der Waals surface area contributed by atoms with E-state index in [1.807, 2.05) is 24.3 Å². The molecule has 0 bridgehead atoms. The first kappa shape index (κ1) is 22.7. The van der Waals surface area contributed by atoms with E-state index in [0.29, 0.717) is 54.8 Å². The highest BCUT2D eigenvalue weighted by Gasteiger charge is 2.25. The number of carboxylic acid groups (broad SMARTS) is 1. The zero-order valence-corrected chi connectivity index (χ0v) is 18.7. The molecular formula is C24H29N5O4. The number of ether oxygens (including phenoxy) is 1. The van der Waals surface area contributed by atoms with Crippen molar-refractivity contribution in [2.24, 2.45) is 0 Å². The third-order valence-electron chi connectivity index (χ3n) is 5.67. The number of piperidine rings is 1. The monoisotopic (exact) mass is 451 g/mol. The maximum absolute atomic E-state index is 12.9. The second kappa shape index (κ2) is 10.4. The molecule has 2 fully saturated rings. The Bertz CT molecular complexity index is 1120. The zero-order valence-electron chi connectivity index (χ0n) is 18.7. The lowest BCUT2D eigenvalue weighted by Crippen LogP contribution is -2.46. The molecule has 2 aliphatic rings. The minimum atomic E-state index is -0.921. The van der Waals surface area contributed by atoms with Gasteiger partial charge in [-0.1, -0.05) is 37.5 Å².